The Bertz CT molecular complexity index is 553. The lowest BCUT2D eigenvalue weighted by Gasteiger charge is -2.17. The zero-order valence-corrected chi connectivity index (χ0v) is 11.1. The summed E-state index contributed by atoms with van der Waals surface area (Å²) in [5.74, 6) is -0.0969. The van der Waals surface area contributed by atoms with Gasteiger partial charge in [-0.15, -0.1) is 11.3 Å². The molecular formula is C12H14N4OS. The van der Waals surface area contributed by atoms with Crippen LogP contribution in [0.5, 0.6) is 0 Å². The second-order valence-corrected chi connectivity index (χ2v) is 4.76. The van der Waals surface area contributed by atoms with Crippen LogP contribution in [-0.2, 0) is 6.54 Å². The van der Waals surface area contributed by atoms with Crippen LogP contribution in [0, 0.1) is 6.92 Å². The Morgan fingerprint density at radius 1 is 1.50 bits per heavy atom. The first-order valence-electron chi connectivity index (χ1n) is 5.42. The third-order valence-electron chi connectivity index (χ3n) is 2.57. The van der Waals surface area contributed by atoms with E-state index in [1.807, 2.05) is 5.38 Å². The number of nitrogens with two attached hydrogens (primary N) is 1. The van der Waals surface area contributed by atoms with E-state index in [1.54, 1.807) is 36.6 Å². The zero-order valence-electron chi connectivity index (χ0n) is 10.3. The molecule has 5 nitrogen and oxygen atoms in total. The maximum atomic E-state index is 12.2. The lowest BCUT2D eigenvalue weighted by molar-refractivity contribution is 0.0782. The Morgan fingerprint density at radius 2 is 2.28 bits per heavy atom. The van der Waals surface area contributed by atoms with Crippen molar-refractivity contribution in [2.24, 2.45) is 0 Å². The number of rotatable bonds is 3. The lowest BCUT2D eigenvalue weighted by Crippen LogP contribution is -2.27. The molecule has 0 aliphatic carbocycles. The predicted octanol–water partition coefficient (Wildman–Crippen LogP) is 1.70. The van der Waals surface area contributed by atoms with E-state index in [2.05, 4.69) is 9.97 Å². The fraction of sp³-hybridized carbons (Fsp3) is 0.250. The number of carbonyl (C=O) groups is 1. The highest BCUT2D eigenvalue weighted by Crippen LogP contribution is 2.13. The highest BCUT2D eigenvalue weighted by molar-refractivity contribution is 7.07. The summed E-state index contributed by atoms with van der Waals surface area (Å²) in [6.07, 6.45) is 1.55. The molecule has 0 saturated heterocycles. The third-order valence-corrected chi connectivity index (χ3v) is 3.20. The maximum Gasteiger partial charge on any atom is 0.255 e. The van der Waals surface area contributed by atoms with E-state index in [1.165, 1.54) is 11.3 Å². The van der Waals surface area contributed by atoms with Gasteiger partial charge in [0.25, 0.3) is 5.91 Å². The minimum Gasteiger partial charge on any atom is -0.397 e. The Balaban J connectivity index is 2.17. The standard InChI is InChI=1S/C12H14N4OS/c1-8-11(3-9(13)4-14-8)12(17)16(2)5-10-6-18-7-15-10/h3-4,6-7H,5,13H2,1-2H3. The fourth-order valence-corrected chi connectivity index (χ4v) is 2.15. The van der Waals surface area contributed by atoms with Crippen LogP contribution < -0.4 is 5.73 Å². The Labute approximate surface area is 109 Å². The van der Waals surface area contributed by atoms with Gasteiger partial charge in [0, 0.05) is 12.4 Å². The SMILES string of the molecule is Cc1ncc(N)cc1C(=O)N(C)Cc1cscn1. The summed E-state index contributed by atoms with van der Waals surface area (Å²) in [4.78, 5) is 22.1. The van der Waals surface area contributed by atoms with E-state index >= 15 is 0 Å². The molecule has 2 aromatic rings. The summed E-state index contributed by atoms with van der Waals surface area (Å²) in [6.45, 7) is 2.28. The van der Waals surface area contributed by atoms with Gasteiger partial charge in [-0.25, -0.2) is 4.98 Å². The van der Waals surface area contributed by atoms with Crippen LogP contribution in [0.1, 0.15) is 21.7 Å². The number of nitrogen functional groups attached to an aromatic ring is 1. The number of hydrogen-bond donors (Lipinski definition) is 1. The fourth-order valence-electron chi connectivity index (χ4n) is 1.60. The average Bonchev–Trinajstić information content (AvgIpc) is 2.84. The monoisotopic (exact) mass is 262 g/mol. The molecule has 2 aromatic heterocycles. The summed E-state index contributed by atoms with van der Waals surface area (Å²) < 4.78 is 0. The second kappa shape index (κ2) is 5.14. The molecule has 2 N–H and O–H groups in total. The first-order valence-corrected chi connectivity index (χ1v) is 6.37. The van der Waals surface area contributed by atoms with Crippen molar-refractivity contribution in [3.63, 3.8) is 0 Å². The van der Waals surface area contributed by atoms with E-state index < -0.39 is 0 Å². The number of thiazole rings is 1. The van der Waals surface area contributed by atoms with Crippen molar-refractivity contribution < 1.29 is 4.79 Å². The summed E-state index contributed by atoms with van der Waals surface area (Å²) in [5, 5.41) is 1.92. The quantitative estimate of drug-likeness (QED) is 0.913. The molecule has 0 bridgehead atoms. The van der Waals surface area contributed by atoms with E-state index in [4.69, 9.17) is 5.73 Å². The number of hydrogen-bond acceptors (Lipinski definition) is 5. The van der Waals surface area contributed by atoms with Crippen LogP contribution in [-0.4, -0.2) is 27.8 Å². The molecule has 0 radical (unpaired) electrons. The van der Waals surface area contributed by atoms with Gasteiger partial charge in [0.1, 0.15) is 0 Å². The van der Waals surface area contributed by atoms with E-state index in [9.17, 15) is 4.79 Å². The Morgan fingerprint density at radius 3 is 2.94 bits per heavy atom. The van der Waals surface area contributed by atoms with Crippen molar-refractivity contribution in [2.75, 3.05) is 12.8 Å². The molecule has 0 aliphatic heterocycles. The number of amides is 1. The minimum absolute atomic E-state index is 0.0969. The number of pyridine rings is 1. The van der Waals surface area contributed by atoms with Crippen LogP contribution in [0.3, 0.4) is 0 Å². The average molecular weight is 262 g/mol. The van der Waals surface area contributed by atoms with Crippen molar-refractivity contribution in [2.45, 2.75) is 13.5 Å². The van der Waals surface area contributed by atoms with Gasteiger partial charge in [-0.05, 0) is 13.0 Å². The number of aryl methyl sites for hydroxylation is 1. The van der Waals surface area contributed by atoms with Crippen LogP contribution in [0.25, 0.3) is 0 Å². The number of anilines is 1. The molecular weight excluding hydrogens is 248 g/mol. The Hall–Kier alpha value is -1.95. The topological polar surface area (TPSA) is 72.1 Å². The molecule has 0 atom stereocenters. The van der Waals surface area contributed by atoms with Crippen LogP contribution in [0.2, 0.25) is 0 Å². The van der Waals surface area contributed by atoms with E-state index in [-0.39, 0.29) is 5.91 Å². The molecule has 18 heavy (non-hydrogen) atoms. The largest absolute Gasteiger partial charge is 0.397 e. The van der Waals surface area contributed by atoms with Crippen molar-refractivity contribution in [3.05, 3.63) is 40.1 Å². The van der Waals surface area contributed by atoms with Gasteiger partial charge in [-0.3, -0.25) is 9.78 Å². The normalized spacial score (nSPS) is 10.3. The van der Waals surface area contributed by atoms with Gasteiger partial charge in [-0.1, -0.05) is 0 Å². The highest BCUT2D eigenvalue weighted by atomic mass is 32.1. The van der Waals surface area contributed by atoms with Gasteiger partial charge in [-0.2, -0.15) is 0 Å². The highest BCUT2D eigenvalue weighted by Gasteiger charge is 2.16. The Kier molecular flexibility index (Phi) is 3.57. The first kappa shape index (κ1) is 12.5. The molecule has 0 fully saturated rings. The molecule has 0 unspecified atom stereocenters. The van der Waals surface area contributed by atoms with Crippen LogP contribution in [0.15, 0.2) is 23.2 Å². The number of carbonyl (C=O) groups excluding carboxylic acids is 1. The zero-order chi connectivity index (χ0) is 13.1. The van der Waals surface area contributed by atoms with Crippen molar-refractivity contribution in [1.29, 1.82) is 0 Å². The minimum atomic E-state index is -0.0969. The molecule has 2 rings (SSSR count). The van der Waals surface area contributed by atoms with E-state index in [0.29, 0.717) is 23.5 Å². The summed E-state index contributed by atoms with van der Waals surface area (Å²) in [7, 11) is 1.74. The van der Waals surface area contributed by atoms with Gasteiger partial charge in [0.05, 0.1) is 40.9 Å². The second-order valence-electron chi connectivity index (χ2n) is 4.04. The molecule has 1 amide bonds. The first-order chi connectivity index (χ1) is 8.58. The van der Waals surface area contributed by atoms with Gasteiger partial charge >= 0.3 is 0 Å². The molecule has 6 heteroatoms. The smallest absolute Gasteiger partial charge is 0.255 e. The maximum absolute atomic E-state index is 12.2. The van der Waals surface area contributed by atoms with Gasteiger partial charge < -0.3 is 10.6 Å². The third kappa shape index (κ3) is 2.65. The molecule has 0 saturated carbocycles. The number of nitrogens with zero attached hydrogens (tertiary/aromatic N) is 3. The van der Waals surface area contributed by atoms with Crippen molar-refractivity contribution in [1.82, 2.24) is 14.9 Å². The van der Waals surface area contributed by atoms with E-state index in [0.717, 1.165) is 5.69 Å². The molecule has 0 aromatic carbocycles. The summed E-state index contributed by atoms with van der Waals surface area (Å²) in [6, 6.07) is 1.65. The van der Waals surface area contributed by atoms with Crippen LogP contribution >= 0.6 is 11.3 Å². The van der Waals surface area contributed by atoms with Gasteiger partial charge in [0.2, 0.25) is 0 Å². The van der Waals surface area contributed by atoms with Crippen molar-refractivity contribution >= 4 is 22.9 Å². The number of aromatic nitrogens is 2. The van der Waals surface area contributed by atoms with Crippen molar-refractivity contribution in [3.8, 4) is 0 Å². The van der Waals surface area contributed by atoms with Gasteiger partial charge in [0.15, 0.2) is 0 Å². The molecule has 0 spiro atoms. The van der Waals surface area contributed by atoms with Crippen LogP contribution in [0.4, 0.5) is 5.69 Å². The molecule has 94 valence electrons. The summed E-state index contributed by atoms with van der Waals surface area (Å²) in [5.41, 5.74) is 10.00. The molecule has 2 heterocycles. The summed E-state index contributed by atoms with van der Waals surface area (Å²) >= 11 is 1.51. The lowest BCUT2D eigenvalue weighted by atomic mass is 10.1. The molecule has 0 aliphatic rings. The predicted molar refractivity (Wildman–Crippen MR) is 71.3 cm³/mol.